The number of aromatic nitrogens is 6. The van der Waals surface area contributed by atoms with Gasteiger partial charge < -0.3 is 5.11 Å². The second-order valence-corrected chi connectivity index (χ2v) is 9.46. The van der Waals surface area contributed by atoms with Crippen molar-refractivity contribution >= 4 is 41.1 Å². The normalized spacial score (nSPS) is 11.6. The van der Waals surface area contributed by atoms with Crippen molar-refractivity contribution < 1.29 is 9.90 Å². The van der Waals surface area contributed by atoms with Crippen LogP contribution in [-0.4, -0.2) is 40.9 Å². The van der Waals surface area contributed by atoms with Crippen molar-refractivity contribution in [2.45, 2.75) is 13.0 Å². The van der Waals surface area contributed by atoms with E-state index in [0.717, 1.165) is 11.1 Å². The van der Waals surface area contributed by atoms with E-state index in [-0.39, 0.29) is 0 Å². The number of aldehydes is 1. The maximum Gasteiger partial charge on any atom is 0.155 e. The summed E-state index contributed by atoms with van der Waals surface area (Å²) in [7, 11) is 3.42. The summed E-state index contributed by atoms with van der Waals surface area (Å²) in [6.45, 7) is 1.90. The zero-order valence-corrected chi connectivity index (χ0v) is 22.9. The summed E-state index contributed by atoms with van der Waals surface area (Å²) in [5.41, 5.74) is 4.92. The molecule has 8 nitrogen and oxygen atoms in total. The van der Waals surface area contributed by atoms with Crippen LogP contribution in [0, 0.1) is 6.92 Å². The van der Waals surface area contributed by atoms with Crippen molar-refractivity contribution in [1.29, 1.82) is 0 Å². The predicted octanol–water partition coefficient (Wildman–Crippen LogP) is 6.13. The molecule has 38 heavy (non-hydrogen) atoms. The van der Waals surface area contributed by atoms with Gasteiger partial charge in [0.05, 0.1) is 22.5 Å². The molecule has 0 saturated carbocycles. The highest BCUT2D eigenvalue weighted by molar-refractivity contribution is 6.32. The maximum atomic E-state index is 10.9. The van der Waals surface area contributed by atoms with Crippen LogP contribution >= 0.6 is 34.8 Å². The minimum absolute atomic E-state index is 0.325. The Bertz CT molecular complexity index is 1570. The third-order valence-corrected chi connectivity index (χ3v) is 6.89. The quantitative estimate of drug-likeness (QED) is 0.256. The van der Waals surface area contributed by atoms with Crippen LogP contribution in [0.1, 0.15) is 33.2 Å². The molecule has 1 N–H and O–H groups in total. The van der Waals surface area contributed by atoms with Gasteiger partial charge in [0.15, 0.2) is 6.29 Å². The smallest absolute Gasteiger partial charge is 0.155 e. The van der Waals surface area contributed by atoms with E-state index in [0.29, 0.717) is 55.5 Å². The Kier molecular flexibility index (Phi) is 8.58. The van der Waals surface area contributed by atoms with Crippen molar-refractivity contribution in [3.05, 3.63) is 105 Å². The zero-order chi connectivity index (χ0) is 27.4. The van der Waals surface area contributed by atoms with E-state index in [4.69, 9.17) is 34.8 Å². The Balaban J connectivity index is 0.000000194. The number of nitrogens with zero attached hydrogens (tertiary/aromatic N) is 6. The number of pyridine rings is 2. The molecule has 5 aromatic rings. The van der Waals surface area contributed by atoms with Crippen LogP contribution in [0.4, 0.5) is 0 Å². The highest BCUT2D eigenvalue weighted by atomic mass is 35.5. The molecule has 1 atom stereocenters. The second kappa shape index (κ2) is 11.9. The molecule has 0 aliphatic rings. The van der Waals surface area contributed by atoms with Gasteiger partial charge in [-0.1, -0.05) is 53.0 Å². The Hall–Kier alpha value is -3.56. The molecular formula is C27H23Cl3N6O2. The molecule has 0 saturated heterocycles. The number of rotatable bonds is 5. The van der Waals surface area contributed by atoms with Crippen LogP contribution in [-0.2, 0) is 14.1 Å². The average Bonchev–Trinajstić information content (AvgIpc) is 3.39. The molecule has 0 bridgehead atoms. The Labute approximate surface area is 234 Å². The summed E-state index contributed by atoms with van der Waals surface area (Å²) < 4.78 is 2.99. The number of aliphatic hydroxyl groups excluding tert-OH is 1. The largest absolute Gasteiger partial charge is 0.383 e. The number of hydrogen-bond donors (Lipinski definition) is 1. The lowest BCUT2D eigenvalue weighted by molar-refractivity contribution is 0.112. The third-order valence-electron chi connectivity index (χ3n) is 5.76. The lowest BCUT2D eigenvalue weighted by Crippen LogP contribution is -2.04. The molecule has 1 aromatic carbocycles. The van der Waals surface area contributed by atoms with Gasteiger partial charge in [0.1, 0.15) is 27.8 Å². The van der Waals surface area contributed by atoms with Crippen molar-refractivity contribution in [2.75, 3.05) is 0 Å². The number of halogens is 3. The van der Waals surface area contributed by atoms with Gasteiger partial charge in [0, 0.05) is 31.5 Å². The molecule has 11 heteroatoms. The first-order valence-corrected chi connectivity index (χ1v) is 12.5. The molecule has 0 aliphatic heterocycles. The van der Waals surface area contributed by atoms with Crippen LogP contribution in [0.15, 0.2) is 67.0 Å². The molecule has 194 valence electrons. The maximum absolute atomic E-state index is 10.9. The average molecular weight is 570 g/mol. The Morgan fingerprint density at radius 2 is 1.42 bits per heavy atom. The van der Waals surface area contributed by atoms with Gasteiger partial charge in [-0.15, -0.1) is 0 Å². The van der Waals surface area contributed by atoms with Crippen LogP contribution in [0.5, 0.6) is 0 Å². The molecule has 4 heterocycles. The summed E-state index contributed by atoms with van der Waals surface area (Å²) in [5, 5.41) is 20.8. The monoisotopic (exact) mass is 568 g/mol. The Morgan fingerprint density at radius 1 is 0.842 bits per heavy atom. The second-order valence-electron chi connectivity index (χ2n) is 8.30. The number of benzene rings is 1. The number of carbonyl (C=O) groups excluding carboxylic acids is 1. The van der Waals surface area contributed by atoms with E-state index in [1.165, 1.54) is 9.36 Å². The minimum Gasteiger partial charge on any atom is -0.383 e. The highest BCUT2D eigenvalue weighted by Crippen LogP contribution is 2.37. The van der Waals surface area contributed by atoms with E-state index in [9.17, 15) is 9.90 Å². The van der Waals surface area contributed by atoms with Gasteiger partial charge in [-0.05, 0) is 54.4 Å². The molecule has 0 fully saturated rings. The topological polar surface area (TPSA) is 98.7 Å². The Morgan fingerprint density at radius 3 is 1.97 bits per heavy atom. The first-order valence-electron chi connectivity index (χ1n) is 11.4. The predicted molar refractivity (Wildman–Crippen MR) is 149 cm³/mol. The standard InChI is InChI=1S/C17H15Cl2N3O.C10H8ClN3O/c1-10-9-11(18)6-7-12(10)16(23)14-15(21-22(2)17(14)19)13-5-3-4-8-20-13;1-14-10(11)7(6-15)9(13-14)8-4-2-3-5-12-8/h3-9,16,23H,1-2H3;2-6H,1H3. The van der Waals surface area contributed by atoms with Crippen LogP contribution in [0.2, 0.25) is 15.3 Å². The van der Waals surface area contributed by atoms with Crippen molar-refractivity contribution in [3.8, 4) is 22.8 Å². The fourth-order valence-corrected chi connectivity index (χ4v) is 4.50. The van der Waals surface area contributed by atoms with E-state index in [2.05, 4.69) is 20.2 Å². The van der Waals surface area contributed by atoms with Crippen molar-refractivity contribution in [3.63, 3.8) is 0 Å². The fraction of sp³-hybridized carbons (Fsp3) is 0.148. The summed E-state index contributed by atoms with van der Waals surface area (Å²) in [5.74, 6) is 0. The summed E-state index contributed by atoms with van der Waals surface area (Å²) in [4.78, 5) is 19.3. The van der Waals surface area contributed by atoms with Gasteiger partial charge in [0.25, 0.3) is 0 Å². The minimum atomic E-state index is -0.912. The molecule has 1 unspecified atom stereocenters. The van der Waals surface area contributed by atoms with Crippen molar-refractivity contribution in [1.82, 2.24) is 29.5 Å². The van der Waals surface area contributed by atoms with E-state index < -0.39 is 6.10 Å². The van der Waals surface area contributed by atoms with Gasteiger partial charge >= 0.3 is 0 Å². The van der Waals surface area contributed by atoms with E-state index in [1.807, 2.05) is 37.3 Å². The first kappa shape index (κ1) is 27.5. The molecule has 0 amide bonds. The number of aryl methyl sites for hydroxylation is 3. The number of carbonyl (C=O) groups is 1. The van der Waals surface area contributed by atoms with Gasteiger partial charge in [0.2, 0.25) is 0 Å². The highest BCUT2D eigenvalue weighted by Gasteiger charge is 2.25. The lowest BCUT2D eigenvalue weighted by atomic mass is 9.97. The molecule has 0 radical (unpaired) electrons. The molecule has 0 aliphatic carbocycles. The van der Waals surface area contributed by atoms with Crippen LogP contribution in [0.25, 0.3) is 22.8 Å². The number of aliphatic hydroxyl groups is 1. The molecular weight excluding hydrogens is 547 g/mol. The summed E-state index contributed by atoms with van der Waals surface area (Å²) >= 11 is 18.3. The third kappa shape index (κ3) is 5.63. The fourth-order valence-electron chi connectivity index (χ4n) is 3.87. The number of hydrogen-bond acceptors (Lipinski definition) is 6. The van der Waals surface area contributed by atoms with E-state index in [1.54, 1.807) is 50.8 Å². The first-order chi connectivity index (χ1) is 18.2. The SMILES string of the molecule is Cc1cc(Cl)ccc1C(O)c1c(-c2ccccn2)nn(C)c1Cl.Cn1nc(-c2ccccn2)c(C=O)c1Cl. The lowest BCUT2D eigenvalue weighted by Gasteiger charge is -2.15. The summed E-state index contributed by atoms with van der Waals surface area (Å²) in [6.07, 6.45) is 3.11. The van der Waals surface area contributed by atoms with Gasteiger partial charge in [-0.3, -0.25) is 24.1 Å². The van der Waals surface area contributed by atoms with Crippen molar-refractivity contribution in [2.24, 2.45) is 14.1 Å². The zero-order valence-electron chi connectivity index (χ0n) is 20.7. The van der Waals surface area contributed by atoms with Gasteiger partial charge in [-0.25, -0.2) is 0 Å². The molecule has 4 aromatic heterocycles. The van der Waals surface area contributed by atoms with E-state index >= 15 is 0 Å². The van der Waals surface area contributed by atoms with Gasteiger partial charge in [-0.2, -0.15) is 10.2 Å². The van der Waals surface area contributed by atoms with Crippen LogP contribution < -0.4 is 0 Å². The molecule has 5 rings (SSSR count). The van der Waals surface area contributed by atoms with Crippen LogP contribution in [0.3, 0.4) is 0 Å². The molecule has 0 spiro atoms. The summed E-state index contributed by atoms with van der Waals surface area (Å²) in [6, 6.07) is 16.3.